The van der Waals surface area contributed by atoms with Crippen LogP contribution in [0.15, 0.2) is 21.8 Å². The lowest BCUT2D eigenvalue weighted by molar-refractivity contribution is 0.168. The summed E-state index contributed by atoms with van der Waals surface area (Å²) in [6.07, 6.45) is 4.23. The predicted molar refractivity (Wildman–Crippen MR) is 90.4 cm³/mol. The maximum absolute atomic E-state index is 4.90. The highest BCUT2D eigenvalue weighted by Gasteiger charge is 2.23. The van der Waals surface area contributed by atoms with Crippen molar-refractivity contribution in [2.24, 2.45) is 4.99 Å². The highest BCUT2D eigenvalue weighted by molar-refractivity contribution is 5.80. The van der Waals surface area contributed by atoms with E-state index in [1.54, 1.807) is 6.26 Å². The quantitative estimate of drug-likeness (QED) is 0.642. The first kappa shape index (κ1) is 16.3. The van der Waals surface area contributed by atoms with Gasteiger partial charge in [-0.1, -0.05) is 5.16 Å². The van der Waals surface area contributed by atoms with Crippen molar-refractivity contribution in [2.45, 2.75) is 25.4 Å². The molecule has 2 aliphatic heterocycles. The first-order chi connectivity index (χ1) is 11.3. The smallest absolute Gasteiger partial charge is 0.193 e. The van der Waals surface area contributed by atoms with Gasteiger partial charge in [0.05, 0.1) is 5.69 Å². The number of nitrogens with zero attached hydrogens (tertiary/aromatic N) is 5. The third kappa shape index (κ3) is 4.23. The molecule has 23 heavy (non-hydrogen) atoms. The van der Waals surface area contributed by atoms with Gasteiger partial charge >= 0.3 is 0 Å². The Bertz CT molecular complexity index is 495. The molecule has 0 aromatic carbocycles. The fraction of sp³-hybridized carbons (Fsp3) is 0.750. The minimum absolute atomic E-state index is 0.639. The van der Waals surface area contributed by atoms with Gasteiger partial charge in [0.1, 0.15) is 6.26 Å². The molecule has 0 aliphatic carbocycles. The van der Waals surface area contributed by atoms with Gasteiger partial charge in [-0.2, -0.15) is 0 Å². The number of likely N-dealkylation sites (tertiary alicyclic amines) is 1. The van der Waals surface area contributed by atoms with Gasteiger partial charge in [-0.15, -0.1) is 0 Å². The van der Waals surface area contributed by atoms with Crippen LogP contribution in [0.2, 0.25) is 0 Å². The number of nitrogens with one attached hydrogen (secondary N) is 1. The summed E-state index contributed by atoms with van der Waals surface area (Å²) in [7, 11) is 4.09. The summed E-state index contributed by atoms with van der Waals surface area (Å²) < 4.78 is 4.90. The van der Waals surface area contributed by atoms with Crippen LogP contribution in [0.1, 0.15) is 18.5 Å². The van der Waals surface area contributed by atoms with E-state index in [1.807, 2.05) is 13.1 Å². The first-order valence-electron chi connectivity index (χ1n) is 8.53. The van der Waals surface area contributed by atoms with Crippen LogP contribution in [0.3, 0.4) is 0 Å². The lowest BCUT2D eigenvalue weighted by Gasteiger charge is -2.36. The summed E-state index contributed by atoms with van der Waals surface area (Å²) in [6.45, 7) is 7.11. The van der Waals surface area contributed by atoms with E-state index in [2.05, 4.69) is 37.2 Å². The normalized spacial score (nSPS) is 24.3. The molecule has 128 valence electrons. The summed E-state index contributed by atoms with van der Waals surface area (Å²) >= 11 is 0. The highest BCUT2D eigenvalue weighted by Crippen LogP contribution is 2.14. The number of aromatic nitrogens is 1. The second-order valence-corrected chi connectivity index (χ2v) is 6.46. The second kappa shape index (κ2) is 7.79. The molecule has 1 unspecified atom stereocenters. The van der Waals surface area contributed by atoms with Crippen molar-refractivity contribution in [1.29, 1.82) is 0 Å². The van der Waals surface area contributed by atoms with Crippen LogP contribution in [-0.4, -0.2) is 85.2 Å². The van der Waals surface area contributed by atoms with Gasteiger partial charge in [0.25, 0.3) is 0 Å². The van der Waals surface area contributed by atoms with Crippen LogP contribution in [0.5, 0.6) is 0 Å². The molecule has 0 bridgehead atoms. The Kier molecular flexibility index (Phi) is 5.51. The van der Waals surface area contributed by atoms with E-state index in [9.17, 15) is 0 Å². The van der Waals surface area contributed by atoms with E-state index in [4.69, 9.17) is 4.52 Å². The maximum Gasteiger partial charge on any atom is 0.193 e. The summed E-state index contributed by atoms with van der Waals surface area (Å²) in [5.74, 6) is 1.03. The zero-order chi connectivity index (χ0) is 16.1. The van der Waals surface area contributed by atoms with Crippen LogP contribution in [-0.2, 0) is 6.54 Å². The monoisotopic (exact) mass is 320 g/mol. The van der Waals surface area contributed by atoms with Gasteiger partial charge in [0.15, 0.2) is 5.96 Å². The van der Waals surface area contributed by atoms with E-state index in [1.165, 1.54) is 19.4 Å². The first-order valence-corrected chi connectivity index (χ1v) is 8.53. The van der Waals surface area contributed by atoms with Crippen LogP contribution >= 0.6 is 0 Å². The largest absolute Gasteiger partial charge is 0.364 e. The molecule has 7 heteroatoms. The molecule has 0 radical (unpaired) electrons. The predicted octanol–water partition coefficient (Wildman–Crippen LogP) is 0.462. The number of guanidine groups is 1. The molecule has 2 fully saturated rings. The lowest BCUT2D eigenvalue weighted by Crippen LogP contribution is -2.53. The molecule has 1 N–H and O–H groups in total. The fourth-order valence-corrected chi connectivity index (χ4v) is 3.44. The van der Waals surface area contributed by atoms with E-state index >= 15 is 0 Å². The Hall–Kier alpha value is -1.60. The molecular formula is C16H28N6O. The van der Waals surface area contributed by atoms with Crippen molar-refractivity contribution in [3.8, 4) is 0 Å². The van der Waals surface area contributed by atoms with Gasteiger partial charge in [-0.3, -0.25) is 9.89 Å². The highest BCUT2D eigenvalue weighted by atomic mass is 16.5. The molecular weight excluding hydrogens is 292 g/mol. The Labute approximate surface area is 138 Å². The van der Waals surface area contributed by atoms with Crippen LogP contribution < -0.4 is 5.32 Å². The van der Waals surface area contributed by atoms with Gasteiger partial charge < -0.3 is 19.6 Å². The van der Waals surface area contributed by atoms with Gasteiger partial charge in [-0.25, -0.2) is 0 Å². The Morgan fingerprint density at radius 1 is 1.35 bits per heavy atom. The van der Waals surface area contributed by atoms with Gasteiger partial charge in [0, 0.05) is 58.4 Å². The molecule has 2 aliphatic rings. The van der Waals surface area contributed by atoms with E-state index in [-0.39, 0.29) is 0 Å². The molecule has 1 aromatic rings. The summed E-state index contributed by atoms with van der Waals surface area (Å²) in [4.78, 5) is 11.7. The molecule has 3 heterocycles. The van der Waals surface area contributed by atoms with Gasteiger partial charge in [0.2, 0.25) is 0 Å². The summed E-state index contributed by atoms with van der Waals surface area (Å²) in [5.41, 5.74) is 1.00. The third-order valence-electron chi connectivity index (χ3n) is 4.93. The molecule has 0 amide bonds. The topological polar surface area (TPSA) is 60.1 Å². The van der Waals surface area contributed by atoms with E-state index < -0.39 is 0 Å². The van der Waals surface area contributed by atoms with Crippen LogP contribution in [0.4, 0.5) is 0 Å². The Morgan fingerprint density at radius 2 is 2.17 bits per heavy atom. The fourth-order valence-electron chi connectivity index (χ4n) is 3.44. The second-order valence-electron chi connectivity index (χ2n) is 6.46. The minimum atomic E-state index is 0.639. The Balaban J connectivity index is 1.43. The van der Waals surface area contributed by atoms with Crippen LogP contribution in [0.25, 0.3) is 0 Å². The molecule has 1 aromatic heterocycles. The van der Waals surface area contributed by atoms with E-state index in [0.29, 0.717) is 6.04 Å². The Morgan fingerprint density at radius 3 is 2.78 bits per heavy atom. The average Bonchev–Trinajstić information content (AvgIpc) is 3.21. The van der Waals surface area contributed by atoms with Crippen LogP contribution in [0, 0.1) is 0 Å². The molecule has 1 atom stereocenters. The molecule has 7 nitrogen and oxygen atoms in total. The number of likely N-dealkylation sites (N-methyl/N-ethyl adjacent to an activating group) is 1. The van der Waals surface area contributed by atoms with Crippen molar-refractivity contribution >= 4 is 5.96 Å². The molecule has 2 saturated heterocycles. The average molecular weight is 320 g/mol. The number of aliphatic imine (C=N–C) groups is 1. The summed E-state index contributed by atoms with van der Waals surface area (Å²) in [5, 5.41) is 7.55. The maximum atomic E-state index is 4.90. The van der Waals surface area contributed by atoms with Crippen molar-refractivity contribution in [3.63, 3.8) is 0 Å². The third-order valence-corrected chi connectivity index (χ3v) is 4.93. The summed E-state index contributed by atoms with van der Waals surface area (Å²) in [6, 6.07) is 2.57. The SMILES string of the molecule is CN=C(NCC1CCCN1C)N1CCN(Cc2ccon2)CC1. The molecule has 0 saturated carbocycles. The number of hydrogen-bond acceptors (Lipinski definition) is 5. The standard InChI is InChI=1S/C16H28N6O/c1-17-16(18-12-15-4-3-6-20(15)2)22-9-7-21(8-10-22)13-14-5-11-23-19-14/h5,11,15H,3-4,6-10,12-13H2,1-2H3,(H,17,18). The van der Waals surface area contributed by atoms with Crippen molar-refractivity contribution < 1.29 is 4.52 Å². The lowest BCUT2D eigenvalue weighted by atomic mass is 10.2. The zero-order valence-corrected chi connectivity index (χ0v) is 14.2. The molecule has 0 spiro atoms. The minimum Gasteiger partial charge on any atom is -0.364 e. The van der Waals surface area contributed by atoms with E-state index in [0.717, 1.165) is 50.9 Å². The molecule has 3 rings (SSSR count). The van der Waals surface area contributed by atoms with Crippen molar-refractivity contribution in [3.05, 3.63) is 18.0 Å². The number of piperazine rings is 1. The van der Waals surface area contributed by atoms with Crippen molar-refractivity contribution in [2.75, 3.05) is 53.4 Å². The van der Waals surface area contributed by atoms with Gasteiger partial charge in [-0.05, 0) is 26.4 Å². The number of hydrogen-bond donors (Lipinski definition) is 1. The number of rotatable bonds is 4. The zero-order valence-electron chi connectivity index (χ0n) is 14.2. The van der Waals surface area contributed by atoms with Crippen molar-refractivity contribution in [1.82, 2.24) is 25.2 Å².